The molecule has 7 nitrogen and oxygen atoms in total. The molecular formula is C29H39BO7S. The van der Waals surface area contributed by atoms with E-state index in [1.807, 2.05) is 6.92 Å². The van der Waals surface area contributed by atoms with E-state index in [2.05, 4.69) is 27.4 Å². The molecule has 9 heteroatoms. The molecule has 3 saturated carbocycles. The number of carbonyl (C=O) groups is 2. The first-order valence-corrected chi connectivity index (χ1v) is 15.0. The molecule has 1 unspecified atom stereocenters. The molecule has 206 valence electrons. The Labute approximate surface area is 228 Å². The Morgan fingerprint density at radius 1 is 1.34 bits per heavy atom. The van der Waals surface area contributed by atoms with Gasteiger partial charge in [0.1, 0.15) is 11.9 Å². The van der Waals surface area contributed by atoms with Crippen LogP contribution >= 0.6 is 0 Å². The molecule has 2 N–H and O–H groups in total. The number of benzene rings is 1. The van der Waals surface area contributed by atoms with Crippen molar-refractivity contribution in [3.05, 3.63) is 36.4 Å². The van der Waals surface area contributed by atoms with Gasteiger partial charge in [0.25, 0.3) is 0 Å². The standard InChI is InChI=1S/C29H39BO7S/c1-6-27(4)14-23(37-24(32)16-38(35)20-8-7-19-15-36-30(34)21(19)13-20)28(5)17(2)9-11-29(18(3)26(27)33)12-10-22(31)25(28)29/h6-8,13,17-18,23,25-26,33-34H,1,9-12,14-16H2,2-5H3/t17-,18+,23-,25+,26+,27-,28+,29+,38?/m1/s1. The van der Waals surface area contributed by atoms with Crippen LogP contribution in [0.25, 0.3) is 0 Å². The van der Waals surface area contributed by atoms with Gasteiger partial charge in [0.15, 0.2) is 4.90 Å². The number of ketones is 1. The monoisotopic (exact) mass is 542 g/mol. The first kappa shape index (κ1) is 27.9. The van der Waals surface area contributed by atoms with Crippen LogP contribution in [0.2, 0.25) is 0 Å². The normalized spacial score (nSPS) is 41.1. The molecule has 3 aliphatic carbocycles. The van der Waals surface area contributed by atoms with Crippen molar-refractivity contribution in [2.24, 2.45) is 34.0 Å². The maximum atomic E-state index is 13.5. The van der Waals surface area contributed by atoms with Crippen LogP contribution in [0.4, 0.5) is 0 Å². The SMILES string of the molecule is C=C[C@]1(C)C[C@@H](OC(=O)C[S+]([O-])c2ccc3c(c2)B(O)OC3)[C@]2(C)[C@H](C)CC[C@]3(CCC(=O)[C@H]32)[C@@H](C)[C@@H]1O. The molecule has 38 heavy (non-hydrogen) atoms. The fourth-order valence-electron chi connectivity index (χ4n) is 8.22. The summed E-state index contributed by atoms with van der Waals surface area (Å²) in [6.45, 7) is 12.6. The summed E-state index contributed by atoms with van der Waals surface area (Å²) in [5.41, 5.74) is -0.286. The second-order valence-corrected chi connectivity index (χ2v) is 14.0. The molecule has 9 atom stereocenters. The Balaban J connectivity index is 1.45. The highest BCUT2D eigenvalue weighted by Gasteiger charge is 2.68. The zero-order valence-electron chi connectivity index (χ0n) is 22.8. The molecule has 1 aliphatic heterocycles. The van der Waals surface area contributed by atoms with E-state index in [9.17, 15) is 24.3 Å². The van der Waals surface area contributed by atoms with Crippen molar-refractivity contribution in [1.82, 2.24) is 0 Å². The van der Waals surface area contributed by atoms with E-state index in [1.54, 1.807) is 24.3 Å². The van der Waals surface area contributed by atoms with E-state index >= 15 is 0 Å². The maximum absolute atomic E-state index is 13.5. The van der Waals surface area contributed by atoms with Crippen molar-refractivity contribution in [1.29, 1.82) is 0 Å². The van der Waals surface area contributed by atoms with Gasteiger partial charge in [0.2, 0.25) is 5.75 Å². The third kappa shape index (κ3) is 4.12. The van der Waals surface area contributed by atoms with Crippen LogP contribution in [-0.4, -0.2) is 51.5 Å². The molecule has 0 amide bonds. The Bertz CT molecular complexity index is 1140. The highest BCUT2D eigenvalue weighted by atomic mass is 32.2. The Kier molecular flexibility index (Phi) is 7.17. The van der Waals surface area contributed by atoms with Crippen LogP contribution in [-0.2, 0) is 36.8 Å². The zero-order chi connectivity index (χ0) is 27.6. The molecule has 0 radical (unpaired) electrons. The maximum Gasteiger partial charge on any atom is 0.491 e. The van der Waals surface area contributed by atoms with E-state index < -0.39 is 47.3 Å². The highest BCUT2D eigenvalue weighted by molar-refractivity contribution is 7.92. The van der Waals surface area contributed by atoms with Gasteiger partial charge in [-0.3, -0.25) is 4.79 Å². The van der Waals surface area contributed by atoms with Crippen LogP contribution in [0.5, 0.6) is 0 Å². The van der Waals surface area contributed by atoms with Crippen molar-refractivity contribution in [2.45, 2.75) is 83.5 Å². The molecule has 1 aromatic rings. The Hall–Kier alpha value is -1.65. The van der Waals surface area contributed by atoms with Crippen LogP contribution in [0.15, 0.2) is 35.7 Å². The molecule has 1 heterocycles. The molecule has 4 aliphatic rings. The number of aliphatic hydroxyl groups excluding tert-OH is 1. The van der Waals surface area contributed by atoms with E-state index in [1.165, 1.54) is 0 Å². The number of carbonyl (C=O) groups excluding carboxylic acids is 2. The smallest absolute Gasteiger partial charge is 0.491 e. The van der Waals surface area contributed by atoms with Gasteiger partial charge in [-0.2, -0.15) is 0 Å². The first-order valence-electron chi connectivity index (χ1n) is 13.7. The minimum atomic E-state index is -1.69. The summed E-state index contributed by atoms with van der Waals surface area (Å²) in [6, 6.07) is 5.06. The lowest BCUT2D eigenvalue weighted by molar-refractivity contribution is -0.205. The minimum absolute atomic E-state index is 0.0999. The molecule has 5 rings (SSSR count). The predicted octanol–water partition coefficient (Wildman–Crippen LogP) is 2.92. The van der Waals surface area contributed by atoms with Crippen molar-refractivity contribution >= 4 is 35.5 Å². The molecular weight excluding hydrogens is 503 g/mol. The summed E-state index contributed by atoms with van der Waals surface area (Å²) >= 11 is -1.69. The lowest BCUT2D eigenvalue weighted by atomic mass is 9.44. The zero-order valence-corrected chi connectivity index (χ0v) is 23.6. The number of rotatable bonds is 5. The number of Topliss-reactive ketones (excluding diaryl/α,β-unsaturated/α-hetero) is 1. The van der Waals surface area contributed by atoms with Crippen molar-refractivity contribution in [2.75, 3.05) is 5.75 Å². The Morgan fingerprint density at radius 2 is 2.08 bits per heavy atom. The van der Waals surface area contributed by atoms with Crippen LogP contribution in [0.3, 0.4) is 0 Å². The van der Waals surface area contributed by atoms with Gasteiger partial charge in [-0.15, -0.1) is 6.58 Å². The van der Waals surface area contributed by atoms with Crippen molar-refractivity contribution < 1.29 is 33.7 Å². The lowest BCUT2D eigenvalue weighted by Gasteiger charge is -2.61. The number of aliphatic hydroxyl groups is 1. The van der Waals surface area contributed by atoms with Gasteiger partial charge in [-0.1, -0.05) is 39.8 Å². The lowest BCUT2D eigenvalue weighted by Crippen LogP contribution is -2.63. The predicted molar refractivity (Wildman–Crippen MR) is 145 cm³/mol. The summed E-state index contributed by atoms with van der Waals surface area (Å²) in [7, 11) is -1.06. The second kappa shape index (κ2) is 9.77. The molecule has 0 spiro atoms. The fourth-order valence-corrected chi connectivity index (χ4v) is 9.15. The van der Waals surface area contributed by atoms with Crippen molar-refractivity contribution in [3.63, 3.8) is 0 Å². The van der Waals surface area contributed by atoms with Gasteiger partial charge in [0.05, 0.1) is 12.7 Å². The van der Waals surface area contributed by atoms with Crippen LogP contribution in [0.1, 0.15) is 65.4 Å². The topological polar surface area (TPSA) is 116 Å². The first-order chi connectivity index (χ1) is 17.9. The molecule has 0 saturated heterocycles. The van der Waals surface area contributed by atoms with Crippen LogP contribution in [0, 0.1) is 34.0 Å². The summed E-state index contributed by atoms with van der Waals surface area (Å²) < 4.78 is 24.6. The van der Waals surface area contributed by atoms with Crippen LogP contribution < -0.4 is 5.46 Å². The van der Waals surface area contributed by atoms with Gasteiger partial charge in [-0.05, 0) is 77.3 Å². The summed E-state index contributed by atoms with van der Waals surface area (Å²) in [5, 5.41) is 21.6. The van der Waals surface area contributed by atoms with Gasteiger partial charge < -0.3 is 24.1 Å². The summed E-state index contributed by atoms with van der Waals surface area (Å²) in [4.78, 5) is 27.3. The summed E-state index contributed by atoms with van der Waals surface area (Å²) in [5.74, 6) is -1.03. The van der Waals surface area contributed by atoms with E-state index in [0.29, 0.717) is 23.2 Å². The largest absolute Gasteiger partial charge is 0.611 e. The van der Waals surface area contributed by atoms with E-state index in [4.69, 9.17) is 9.39 Å². The fraction of sp³-hybridized carbons (Fsp3) is 0.655. The summed E-state index contributed by atoms with van der Waals surface area (Å²) in [6.07, 6.45) is 3.70. The van der Waals surface area contributed by atoms with E-state index in [-0.39, 0.29) is 41.3 Å². The third-order valence-electron chi connectivity index (χ3n) is 10.9. The molecule has 1 aromatic carbocycles. The number of fused-ring (bicyclic) bond motifs is 1. The minimum Gasteiger partial charge on any atom is -0.611 e. The molecule has 0 aromatic heterocycles. The Morgan fingerprint density at radius 3 is 2.79 bits per heavy atom. The number of hydrogen-bond donors (Lipinski definition) is 2. The average Bonchev–Trinajstić information content (AvgIpc) is 3.44. The van der Waals surface area contributed by atoms with Crippen molar-refractivity contribution in [3.8, 4) is 0 Å². The van der Waals surface area contributed by atoms with E-state index in [0.717, 1.165) is 24.8 Å². The number of ether oxygens (including phenoxy) is 1. The second-order valence-electron chi connectivity index (χ2n) is 12.6. The van der Waals surface area contributed by atoms with Gasteiger partial charge in [-0.25, -0.2) is 4.79 Å². The molecule has 2 bridgehead atoms. The quantitative estimate of drug-likeness (QED) is 0.254. The third-order valence-corrected chi connectivity index (χ3v) is 12.1. The molecule has 3 fully saturated rings. The average molecular weight is 543 g/mol. The number of hydrogen-bond acceptors (Lipinski definition) is 7. The highest BCUT2D eigenvalue weighted by Crippen LogP contribution is 2.68. The van der Waals surface area contributed by atoms with Gasteiger partial charge in [0, 0.05) is 23.2 Å². The number of esters is 1. The van der Waals surface area contributed by atoms with Gasteiger partial charge >= 0.3 is 13.1 Å².